The molecule has 3 rings (SSSR count). The molecule has 0 saturated carbocycles. The molecule has 1 heterocycles. The minimum Gasteiger partial charge on any atom is -0.507 e. The van der Waals surface area contributed by atoms with Crippen molar-refractivity contribution in [3.63, 3.8) is 0 Å². The van der Waals surface area contributed by atoms with Gasteiger partial charge in [0.25, 0.3) is 0 Å². The van der Waals surface area contributed by atoms with Crippen molar-refractivity contribution in [2.75, 3.05) is 12.4 Å². The third-order valence-corrected chi connectivity index (χ3v) is 3.01. The van der Waals surface area contributed by atoms with E-state index in [1.165, 1.54) is 12.5 Å². The van der Waals surface area contributed by atoms with Gasteiger partial charge >= 0.3 is 0 Å². The minimum atomic E-state index is 0.199. The van der Waals surface area contributed by atoms with Crippen LogP contribution in [0.2, 0.25) is 0 Å². The summed E-state index contributed by atoms with van der Waals surface area (Å²) in [4.78, 5) is 3.93. The second-order valence-electron chi connectivity index (χ2n) is 4.24. The maximum absolute atomic E-state index is 9.97. The number of aromatic hydroxyl groups is 1. The van der Waals surface area contributed by atoms with Crippen LogP contribution in [0.5, 0.6) is 5.75 Å². The molecule has 0 unspecified atom stereocenters. The van der Waals surface area contributed by atoms with Crippen LogP contribution < -0.4 is 5.32 Å². The average molecular weight is 280 g/mol. The largest absolute Gasteiger partial charge is 0.507 e. The predicted molar refractivity (Wildman–Crippen MR) is 79.2 cm³/mol. The standard InChI is InChI=1S/C14H12N6O/c1-15-10-4-2-3-9-12(21)6-5-11(14(9)10)19-20-13-7-17-18-8-16-13/h2-8,15,21H,1H3. The van der Waals surface area contributed by atoms with E-state index < -0.39 is 0 Å². The van der Waals surface area contributed by atoms with Gasteiger partial charge in [-0.15, -0.1) is 15.3 Å². The van der Waals surface area contributed by atoms with E-state index in [0.29, 0.717) is 16.9 Å². The Morgan fingerprint density at radius 2 is 2.00 bits per heavy atom. The molecule has 0 atom stereocenters. The minimum absolute atomic E-state index is 0.199. The Labute approximate surface area is 120 Å². The number of hydrogen-bond donors (Lipinski definition) is 2. The summed E-state index contributed by atoms with van der Waals surface area (Å²) in [7, 11) is 1.81. The first-order valence-corrected chi connectivity index (χ1v) is 6.26. The Morgan fingerprint density at radius 3 is 2.76 bits per heavy atom. The molecule has 0 amide bonds. The fourth-order valence-electron chi connectivity index (χ4n) is 2.05. The Morgan fingerprint density at radius 1 is 1.10 bits per heavy atom. The number of aromatic nitrogens is 3. The first-order valence-electron chi connectivity index (χ1n) is 6.26. The molecule has 0 spiro atoms. The third kappa shape index (κ3) is 2.48. The molecule has 0 aliphatic heterocycles. The molecule has 0 fully saturated rings. The highest BCUT2D eigenvalue weighted by molar-refractivity contribution is 6.04. The topological polar surface area (TPSA) is 95.7 Å². The van der Waals surface area contributed by atoms with Crippen molar-refractivity contribution in [1.29, 1.82) is 0 Å². The molecule has 0 saturated heterocycles. The number of rotatable bonds is 3. The molecule has 1 aromatic heterocycles. The highest BCUT2D eigenvalue weighted by Crippen LogP contribution is 2.37. The molecule has 0 bridgehead atoms. The van der Waals surface area contributed by atoms with Crippen LogP contribution >= 0.6 is 0 Å². The fourth-order valence-corrected chi connectivity index (χ4v) is 2.05. The van der Waals surface area contributed by atoms with Gasteiger partial charge in [0.05, 0.1) is 11.9 Å². The summed E-state index contributed by atoms with van der Waals surface area (Å²) in [5.74, 6) is 0.568. The Kier molecular flexibility index (Phi) is 3.38. The quantitative estimate of drug-likeness (QED) is 0.718. The predicted octanol–water partition coefficient (Wildman–Crippen LogP) is 3.19. The van der Waals surface area contributed by atoms with E-state index in [0.717, 1.165) is 11.1 Å². The normalized spacial score (nSPS) is 11.1. The summed E-state index contributed by atoms with van der Waals surface area (Å²) < 4.78 is 0. The molecule has 7 nitrogen and oxygen atoms in total. The molecular weight excluding hydrogens is 268 g/mol. The van der Waals surface area contributed by atoms with Crippen molar-refractivity contribution < 1.29 is 5.11 Å². The first-order chi connectivity index (χ1) is 10.3. The van der Waals surface area contributed by atoms with Gasteiger partial charge in [0.15, 0.2) is 5.82 Å². The van der Waals surface area contributed by atoms with E-state index >= 15 is 0 Å². The second kappa shape index (κ2) is 5.49. The summed E-state index contributed by atoms with van der Waals surface area (Å²) in [5, 5.41) is 30.1. The number of anilines is 1. The summed E-state index contributed by atoms with van der Waals surface area (Å²) in [5.41, 5.74) is 1.49. The summed E-state index contributed by atoms with van der Waals surface area (Å²) >= 11 is 0. The van der Waals surface area contributed by atoms with Gasteiger partial charge in [0.2, 0.25) is 0 Å². The van der Waals surface area contributed by atoms with Crippen molar-refractivity contribution in [3.8, 4) is 5.75 Å². The van der Waals surface area contributed by atoms with Crippen molar-refractivity contribution in [2.45, 2.75) is 0 Å². The molecule has 0 aliphatic carbocycles. The average Bonchev–Trinajstić information content (AvgIpc) is 2.55. The zero-order chi connectivity index (χ0) is 14.7. The van der Waals surface area contributed by atoms with Crippen molar-refractivity contribution >= 4 is 28.0 Å². The third-order valence-electron chi connectivity index (χ3n) is 3.01. The summed E-state index contributed by atoms with van der Waals surface area (Å²) in [6.45, 7) is 0. The van der Waals surface area contributed by atoms with Crippen molar-refractivity contribution in [3.05, 3.63) is 42.9 Å². The summed E-state index contributed by atoms with van der Waals surface area (Å²) in [6.07, 6.45) is 2.73. The molecule has 7 heteroatoms. The Balaban J connectivity index is 2.15. The molecule has 21 heavy (non-hydrogen) atoms. The van der Waals surface area contributed by atoms with Gasteiger partial charge in [-0.05, 0) is 18.2 Å². The lowest BCUT2D eigenvalue weighted by atomic mass is 10.1. The Bertz CT molecular complexity index is 803. The molecule has 2 N–H and O–H groups in total. The van der Waals surface area contributed by atoms with Crippen LogP contribution in [0.1, 0.15) is 0 Å². The van der Waals surface area contributed by atoms with Gasteiger partial charge in [-0.25, -0.2) is 4.98 Å². The van der Waals surface area contributed by atoms with E-state index in [1.807, 2.05) is 25.2 Å². The number of nitrogens with one attached hydrogen (secondary N) is 1. The monoisotopic (exact) mass is 280 g/mol. The Hall–Kier alpha value is -3.09. The first kappa shape index (κ1) is 12.9. The van der Waals surface area contributed by atoms with E-state index in [-0.39, 0.29) is 5.75 Å². The summed E-state index contributed by atoms with van der Waals surface area (Å²) in [6, 6.07) is 8.90. The smallest absolute Gasteiger partial charge is 0.196 e. The molecular formula is C14H12N6O. The van der Waals surface area contributed by atoms with Crippen LogP contribution in [-0.2, 0) is 0 Å². The van der Waals surface area contributed by atoms with Crippen molar-refractivity contribution in [1.82, 2.24) is 15.2 Å². The fraction of sp³-hybridized carbons (Fsp3) is 0.0714. The molecule has 2 aromatic carbocycles. The molecule has 3 aromatic rings. The number of fused-ring (bicyclic) bond motifs is 1. The van der Waals surface area contributed by atoms with Gasteiger partial charge in [-0.3, -0.25) is 0 Å². The lowest BCUT2D eigenvalue weighted by molar-refractivity contribution is 0.481. The number of phenolic OH excluding ortho intramolecular Hbond substituents is 1. The van der Waals surface area contributed by atoms with Gasteiger partial charge in [-0.1, -0.05) is 12.1 Å². The SMILES string of the molecule is CNc1cccc2c(O)ccc(N=Nc3cnncn3)c12. The van der Waals surface area contributed by atoms with E-state index in [2.05, 4.69) is 30.7 Å². The number of benzene rings is 2. The maximum atomic E-state index is 9.97. The van der Waals surface area contributed by atoms with Crippen LogP contribution in [-0.4, -0.2) is 27.3 Å². The van der Waals surface area contributed by atoms with Gasteiger partial charge in [0.1, 0.15) is 12.1 Å². The lowest BCUT2D eigenvalue weighted by Crippen LogP contribution is -1.89. The molecule has 0 radical (unpaired) electrons. The highest BCUT2D eigenvalue weighted by atomic mass is 16.3. The van der Waals surface area contributed by atoms with E-state index in [9.17, 15) is 5.11 Å². The molecule has 104 valence electrons. The second-order valence-corrected chi connectivity index (χ2v) is 4.24. The maximum Gasteiger partial charge on any atom is 0.196 e. The van der Waals surface area contributed by atoms with Crippen LogP contribution in [0, 0.1) is 0 Å². The molecule has 0 aliphatic rings. The van der Waals surface area contributed by atoms with Gasteiger partial charge < -0.3 is 10.4 Å². The number of phenols is 1. The van der Waals surface area contributed by atoms with Crippen LogP contribution in [0.15, 0.2) is 53.1 Å². The van der Waals surface area contributed by atoms with Crippen LogP contribution in [0.25, 0.3) is 10.8 Å². The van der Waals surface area contributed by atoms with Crippen LogP contribution in [0.4, 0.5) is 17.2 Å². The number of nitrogens with zero attached hydrogens (tertiary/aromatic N) is 5. The highest BCUT2D eigenvalue weighted by Gasteiger charge is 2.08. The van der Waals surface area contributed by atoms with Gasteiger partial charge in [0, 0.05) is 23.5 Å². The van der Waals surface area contributed by atoms with E-state index in [1.54, 1.807) is 12.1 Å². The number of azo groups is 1. The van der Waals surface area contributed by atoms with Gasteiger partial charge in [-0.2, -0.15) is 5.10 Å². The van der Waals surface area contributed by atoms with Crippen LogP contribution in [0.3, 0.4) is 0 Å². The lowest BCUT2D eigenvalue weighted by Gasteiger charge is -2.09. The number of hydrogen-bond acceptors (Lipinski definition) is 7. The zero-order valence-electron chi connectivity index (χ0n) is 11.2. The zero-order valence-corrected chi connectivity index (χ0v) is 11.2. The van der Waals surface area contributed by atoms with Crippen molar-refractivity contribution in [2.24, 2.45) is 10.2 Å². The van der Waals surface area contributed by atoms with E-state index in [4.69, 9.17) is 0 Å².